The third-order valence-corrected chi connectivity index (χ3v) is 5.58. The van der Waals surface area contributed by atoms with E-state index in [4.69, 9.17) is 16.6 Å². The molecule has 4 heteroatoms. The predicted molar refractivity (Wildman–Crippen MR) is 83.5 cm³/mol. The summed E-state index contributed by atoms with van der Waals surface area (Å²) in [7, 11) is 0. The molecule has 110 valence electrons. The number of anilines is 1. The number of hydrogen-bond acceptors (Lipinski definition) is 3. The van der Waals surface area contributed by atoms with Crippen molar-refractivity contribution in [3.8, 4) is 0 Å². The molecule has 1 spiro atoms. The van der Waals surface area contributed by atoms with Crippen molar-refractivity contribution in [1.82, 2.24) is 9.97 Å². The van der Waals surface area contributed by atoms with Gasteiger partial charge in [0.25, 0.3) is 0 Å². The molecule has 2 aliphatic rings. The van der Waals surface area contributed by atoms with Gasteiger partial charge in [-0.25, -0.2) is 9.97 Å². The van der Waals surface area contributed by atoms with Crippen LogP contribution in [0.25, 0.3) is 0 Å². The SMILES string of the molecule is CCc1nc(Cl)c(C)c(N2CCC3(CCCC3)CC2)n1. The monoisotopic (exact) mass is 293 g/mol. The Morgan fingerprint density at radius 2 is 1.75 bits per heavy atom. The molecule has 1 aromatic rings. The van der Waals surface area contributed by atoms with Crippen LogP contribution in [0.4, 0.5) is 5.82 Å². The van der Waals surface area contributed by atoms with E-state index in [-0.39, 0.29) is 0 Å². The molecule has 1 aliphatic carbocycles. The highest BCUT2D eigenvalue weighted by molar-refractivity contribution is 6.30. The molecule has 0 aromatic carbocycles. The Hall–Kier alpha value is -0.830. The Morgan fingerprint density at radius 1 is 1.10 bits per heavy atom. The fourth-order valence-corrected chi connectivity index (χ4v) is 3.99. The second kappa shape index (κ2) is 5.51. The third-order valence-electron chi connectivity index (χ3n) is 5.21. The lowest BCUT2D eigenvalue weighted by Crippen LogP contribution is -2.39. The Balaban J connectivity index is 1.79. The van der Waals surface area contributed by atoms with Gasteiger partial charge in [-0.1, -0.05) is 31.4 Å². The van der Waals surface area contributed by atoms with Gasteiger partial charge in [-0.15, -0.1) is 0 Å². The van der Waals surface area contributed by atoms with E-state index >= 15 is 0 Å². The Morgan fingerprint density at radius 3 is 2.35 bits per heavy atom. The van der Waals surface area contributed by atoms with E-state index in [0.29, 0.717) is 10.6 Å². The van der Waals surface area contributed by atoms with E-state index < -0.39 is 0 Å². The third kappa shape index (κ3) is 2.52. The van der Waals surface area contributed by atoms with Crippen molar-refractivity contribution < 1.29 is 0 Å². The Labute approximate surface area is 126 Å². The lowest BCUT2D eigenvalue weighted by Gasteiger charge is -2.40. The van der Waals surface area contributed by atoms with Gasteiger partial charge in [0.05, 0.1) is 0 Å². The summed E-state index contributed by atoms with van der Waals surface area (Å²) in [5.74, 6) is 1.92. The molecule has 0 unspecified atom stereocenters. The summed E-state index contributed by atoms with van der Waals surface area (Å²) < 4.78 is 0. The van der Waals surface area contributed by atoms with Crippen LogP contribution in [-0.2, 0) is 6.42 Å². The van der Waals surface area contributed by atoms with Crippen LogP contribution < -0.4 is 4.90 Å². The van der Waals surface area contributed by atoms with Gasteiger partial charge >= 0.3 is 0 Å². The van der Waals surface area contributed by atoms with Crippen molar-refractivity contribution in [1.29, 1.82) is 0 Å². The maximum Gasteiger partial charge on any atom is 0.137 e. The quantitative estimate of drug-likeness (QED) is 0.767. The van der Waals surface area contributed by atoms with Crippen molar-refractivity contribution in [3.63, 3.8) is 0 Å². The molecule has 1 saturated carbocycles. The summed E-state index contributed by atoms with van der Waals surface area (Å²) in [6, 6.07) is 0. The van der Waals surface area contributed by atoms with Gasteiger partial charge in [-0.05, 0) is 38.0 Å². The van der Waals surface area contributed by atoms with Gasteiger partial charge in [0.15, 0.2) is 0 Å². The second-order valence-corrected chi connectivity index (χ2v) is 6.78. The zero-order chi connectivity index (χ0) is 14.2. The van der Waals surface area contributed by atoms with Gasteiger partial charge in [-0.2, -0.15) is 0 Å². The zero-order valence-corrected chi connectivity index (χ0v) is 13.3. The lowest BCUT2D eigenvalue weighted by atomic mass is 9.77. The van der Waals surface area contributed by atoms with Crippen LogP contribution in [0.3, 0.4) is 0 Å². The molecule has 0 amide bonds. The van der Waals surface area contributed by atoms with Crippen LogP contribution in [-0.4, -0.2) is 23.1 Å². The van der Waals surface area contributed by atoms with Gasteiger partial charge in [0.2, 0.25) is 0 Å². The fraction of sp³-hybridized carbons (Fsp3) is 0.750. The normalized spacial score (nSPS) is 21.6. The predicted octanol–water partition coefficient (Wildman–Crippen LogP) is 4.16. The molecule has 0 atom stereocenters. The maximum absolute atomic E-state index is 6.26. The first kappa shape index (κ1) is 14.1. The van der Waals surface area contributed by atoms with Crippen LogP contribution in [0.2, 0.25) is 5.15 Å². The number of rotatable bonds is 2. The number of hydrogen-bond donors (Lipinski definition) is 0. The van der Waals surface area contributed by atoms with E-state index in [1.165, 1.54) is 38.5 Å². The van der Waals surface area contributed by atoms with Gasteiger partial charge in [-0.3, -0.25) is 0 Å². The highest BCUT2D eigenvalue weighted by Crippen LogP contribution is 2.46. The van der Waals surface area contributed by atoms with E-state index in [9.17, 15) is 0 Å². The average Bonchev–Trinajstić information content (AvgIpc) is 2.91. The van der Waals surface area contributed by atoms with Crippen LogP contribution in [0.15, 0.2) is 0 Å². The molecule has 3 rings (SSSR count). The average molecular weight is 294 g/mol. The number of aryl methyl sites for hydroxylation is 1. The molecule has 1 aromatic heterocycles. The second-order valence-electron chi connectivity index (χ2n) is 6.43. The minimum absolute atomic E-state index is 0.619. The summed E-state index contributed by atoms with van der Waals surface area (Å²) in [5.41, 5.74) is 1.68. The minimum atomic E-state index is 0.619. The smallest absolute Gasteiger partial charge is 0.137 e. The van der Waals surface area contributed by atoms with Crippen LogP contribution in [0, 0.1) is 12.3 Å². The molecule has 2 fully saturated rings. The highest BCUT2D eigenvalue weighted by atomic mass is 35.5. The number of nitrogens with zero attached hydrogens (tertiary/aromatic N) is 3. The molecular weight excluding hydrogens is 270 g/mol. The molecule has 20 heavy (non-hydrogen) atoms. The summed E-state index contributed by atoms with van der Waals surface area (Å²) >= 11 is 6.26. The topological polar surface area (TPSA) is 29.0 Å². The first-order valence-electron chi connectivity index (χ1n) is 7.91. The molecule has 0 bridgehead atoms. The zero-order valence-electron chi connectivity index (χ0n) is 12.6. The molecule has 1 aliphatic heterocycles. The van der Waals surface area contributed by atoms with Crippen molar-refractivity contribution in [2.75, 3.05) is 18.0 Å². The minimum Gasteiger partial charge on any atom is -0.356 e. The molecule has 3 nitrogen and oxygen atoms in total. The van der Waals surface area contributed by atoms with Crippen LogP contribution in [0.1, 0.15) is 56.8 Å². The number of aromatic nitrogens is 2. The summed E-state index contributed by atoms with van der Waals surface area (Å²) in [6.07, 6.45) is 9.20. The van der Waals surface area contributed by atoms with Gasteiger partial charge in [0.1, 0.15) is 16.8 Å². The molecular formula is C16H24ClN3. The largest absolute Gasteiger partial charge is 0.356 e. The maximum atomic E-state index is 6.26. The lowest BCUT2D eigenvalue weighted by molar-refractivity contribution is 0.226. The highest BCUT2D eigenvalue weighted by Gasteiger charge is 2.37. The Bertz CT molecular complexity index is 485. The van der Waals surface area contributed by atoms with Crippen LogP contribution >= 0.6 is 11.6 Å². The first-order chi connectivity index (χ1) is 9.63. The summed E-state index contributed by atoms with van der Waals surface area (Å²) in [5, 5.41) is 0.619. The fourth-order valence-electron chi connectivity index (χ4n) is 3.80. The van der Waals surface area contributed by atoms with Crippen molar-refractivity contribution in [2.24, 2.45) is 5.41 Å². The van der Waals surface area contributed by atoms with Gasteiger partial charge in [0, 0.05) is 25.1 Å². The van der Waals surface area contributed by atoms with Crippen molar-refractivity contribution in [3.05, 3.63) is 16.5 Å². The summed E-state index contributed by atoms with van der Waals surface area (Å²) in [6.45, 7) is 6.36. The van der Waals surface area contributed by atoms with Crippen LogP contribution in [0.5, 0.6) is 0 Å². The van der Waals surface area contributed by atoms with Crippen molar-refractivity contribution >= 4 is 17.4 Å². The van der Waals surface area contributed by atoms with E-state index in [1.807, 2.05) is 6.92 Å². The van der Waals surface area contributed by atoms with Crippen molar-refractivity contribution in [2.45, 2.75) is 58.8 Å². The standard InChI is InChI=1S/C16H24ClN3/c1-3-13-18-14(17)12(2)15(19-13)20-10-8-16(9-11-20)6-4-5-7-16/h3-11H2,1-2H3. The molecule has 2 heterocycles. The molecule has 0 radical (unpaired) electrons. The number of halogens is 1. The van der Waals surface area contributed by atoms with E-state index in [2.05, 4.69) is 16.8 Å². The van der Waals surface area contributed by atoms with E-state index in [1.54, 1.807) is 0 Å². The summed E-state index contributed by atoms with van der Waals surface area (Å²) in [4.78, 5) is 11.5. The first-order valence-corrected chi connectivity index (χ1v) is 8.29. The molecule has 1 saturated heterocycles. The van der Waals surface area contributed by atoms with Gasteiger partial charge < -0.3 is 4.90 Å². The Kier molecular flexibility index (Phi) is 3.89. The van der Waals surface area contributed by atoms with E-state index in [0.717, 1.165) is 36.7 Å². The number of piperidine rings is 1. The molecule has 0 N–H and O–H groups in total.